The molecule has 0 spiro atoms. The van der Waals surface area contributed by atoms with Gasteiger partial charge in [-0.05, 0) is 48.9 Å². The summed E-state index contributed by atoms with van der Waals surface area (Å²) in [5.41, 5.74) is 11.3. The number of benzene rings is 2. The average molecular weight is 373 g/mol. The summed E-state index contributed by atoms with van der Waals surface area (Å²) in [6, 6.07) is 16.2. The molecule has 1 heterocycles. The van der Waals surface area contributed by atoms with E-state index in [1.807, 2.05) is 37.3 Å². The van der Waals surface area contributed by atoms with Gasteiger partial charge < -0.3 is 10.6 Å². The van der Waals surface area contributed by atoms with Crippen molar-refractivity contribution in [1.29, 1.82) is 0 Å². The van der Waals surface area contributed by atoms with Crippen molar-refractivity contribution in [2.24, 2.45) is 11.7 Å². The lowest BCUT2D eigenvalue weighted by Gasteiger charge is -2.31. The third kappa shape index (κ3) is 3.94. The molecule has 1 aliphatic heterocycles. The zero-order valence-electron chi connectivity index (χ0n) is 15.8. The monoisotopic (exact) mass is 372 g/mol. The van der Waals surface area contributed by atoms with Crippen molar-refractivity contribution < 1.29 is 4.79 Å². The van der Waals surface area contributed by atoms with Gasteiger partial charge in [-0.15, -0.1) is 12.4 Å². The van der Waals surface area contributed by atoms with Gasteiger partial charge in [-0.25, -0.2) is 0 Å². The number of amides is 1. The Morgan fingerprint density at radius 1 is 1.12 bits per heavy atom. The molecule has 3 nitrogen and oxygen atoms in total. The Bertz CT molecular complexity index is 747. The quantitative estimate of drug-likeness (QED) is 0.843. The molecule has 1 saturated heterocycles. The van der Waals surface area contributed by atoms with E-state index in [1.54, 1.807) is 0 Å². The molecule has 2 aromatic carbocycles. The number of hydrogen-bond donors (Lipinski definition) is 1. The fourth-order valence-corrected chi connectivity index (χ4v) is 3.87. The smallest absolute Gasteiger partial charge is 0.227 e. The highest BCUT2D eigenvalue weighted by molar-refractivity contribution is 5.85. The first-order chi connectivity index (χ1) is 12.0. The van der Waals surface area contributed by atoms with Gasteiger partial charge >= 0.3 is 0 Å². The minimum absolute atomic E-state index is 0. The molecule has 0 radical (unpaired) electrons. The van der Waals surface area contributed by atoms with Gasteiger partial charge in [-0.1, -0.05) is 55.5 Å². The Kier molecular flexibility index (Phi) is 6.85. The predicted molar refractivity (Wildman–Crippen MR) is 109 cm³/mol. The third-order valence-corrected chi connectivity index (χ3v) is 5.65. The Morgan fingerprint density at radius 3 is 2.50 bits per heavy atom. The van der Waals surface area contributed by atoms with Gasteiger partial charge in [0, 0.05) is 12.6 Å². The van der Waals surface area contributed by atoms with Gasteiger partial charge in [0.25, 0.3) is 0 Å². The van der Waals surface area contributed by atoms with Crippen LogP contribution in [0.1, 0.15) is 54.1 Å². The number of rotatable bonds is 4. The molecule has 3 unspecified atom stereocenters. The number of carbonyl (C=O) groups excluding carboxylic acids is 1. The molecule has 2 aromatic rings. The largest absolute Gasteiger partial charge is 0.335 e. The van der Waals surface area contributed by atoms with Crippen LogP contribution in [0.15, 0.2) is 48.5 Å². The van der Waals surface area contributed by atoms with Crippen molar-refractivity contribution in [1.82, 2.24) is 4.90 Å². The molecule has 1 aliphatic rings. The van der Waals surface area contributed by atoms with Gasteiger partial charge in [0.05, 0.1) is 12.0 Å². The fourth-order valence-electron chi connectivity index (χ4n) is 3.87. The lowest BCUT2D eigenvalue weighted by molar-refractivity contribution is -0.136. The van der Waals surface area contributed by atoms with Crippen molar-refractivity contribution in [3.8, 4) is 0 Å². The van der Waals surface area contributed by atoms with E-state index in [-0.39, 0.29) is 36.3 Å². The molecular weight excluding hydrogens is 344 g/mol. The Morgan fingerprint density at radius 2 is 1.81 bits per heavy atom. The maximum Gasteiger partial charge on any atom is 0.227 e. The summed E-state index contributed by atoms with van der Waals surface area (Å²) in [5.74, 6) is -0.0622. The van der Waals surface area contributed by atoms with E-state index in [9.17, 15) is 4.79 Å². The first-order valence-electron chi connectivity index (χ1n) is 9.18. The molecule has 3 rings (SSSR count). The van der Waals surface area contributed by atoms with Crippen LogP contribution in [-0.2, 0) is 4.79 Å². The van der Waals surface area contributed by atoms with Gasteiger partial charge in [0.1, 0.15) is 0 Å². The van der Waals surface area contributed by atoms with Crippen LogP contribution in [0.3, 0.4) is 0 Å². The zero-order chi connectivity index (χ0) is 18.0. The SMILES string of the molecule is Cc1cccc(C2CCCN2C(=O)C(C)C(N)c2ccccc2)c1C.Cl. The number of nitrogens with zero attached hydrogens (tertiary/aromatic N) is 1. The molecule has 2 N–H and O–H groups in total. The molecule has 0 aliphatic carbocycles. The van der Waals surface area contributed by atoms with Crippen LogP contribution in [0.25, 0.3) is 0 Å². The van der Waals surface area contributed by atoms with E-state index < -0.39 is 0 Å². The number of halogens is 1. The Labute approximate surface area is 163 Å². The summed E-state index contributed by atoms with van der Waals surface area (Å²) in [6.45, 7) is 7.07. The van der Waals surface area contributed by atoms with E-state index in [0.29, 0.717) is 0 Å². The van der Waals surface area contributed by atoms with Gasteiger partial charge in [0.2, 0.25) is 5.91 Å². The highest BCUT2D eigenvalue weighted by Crippen LogP contribution is 2.36. The van der Waals surface area contributed by atoms with Gasteiger partial charge in [0.15, 0.2) is 0 Å². The summed E-state index contributed by atoms with van der Waals surface area (Å²) >= 11 is 0. The van der Waals surface area contributed by atoms with Crippen LogP contribution in [-0.4, -0.2) is 17.4 Å². The number of carbonyl (C=O) groups is 1. The number of nitrogens with two attached hydrogens (primary N) is 1. The second kappa shape index (κ2) is 8.70. The second-order valence-electron chi connectivity index (χ2n) is 7.20. The maximum absolute atomic E-state index is 13.2. The molecular formula is C22H29ClN2O. The summed E-state index contributed by atoms with van der Waals surface area (Å²) in [7, 11) is 0. The lowest BCUT2D eigenvalue weighted by atomic mass is 9.92. The van der Waals surface area contributed by atoms with Crippen LogP contribution in [0.4, 0.5) is 0 Å². The first kappa shape index (κ1) is 20.5. The number of aryl methyl sites for hydroxylation is 1. The fraction of sp³-hybridized carbons (Fsp3) is 0.409. The van der Waals surface area contributed by atoms with Gasteiger partial charge in [-0.3, -0.25) is 4.79 Å². The highest BCUT2D eigenvalue weighted by Gasteiger charge is 2.35. The van der Waals surface area contributed by atoms with E-state index >= 15 is 0 Å². The van der Waals surface area contributed by atoms with E-state index in [0.717, 1.165) is 24.9 Å². The number of hydrogen-bond acceptors (Lipinski definition) is 2. The standard InChI is InChI=1S/C22H28N2O.ClH/c1-15-9-7-12-19(16(15)2)20-13-8-14-24(20)22(25)17(3)21(23)18-10-5-4-6-11-18;/h4-7,9-12,17,20-21H,8,13-14,23H2,1-3H3;1H. The summed E-state index contributed by atoms with van der Waals surface area (Å²) < 4.78 is 0. The van der Waals surface area contributed by atoms with Crippen LogP contribution >= 0.6 is 12.4 Å². The van der Waals surface area contributed by atoms with Crippen LogP contribution in [0.5, 0.6) is 0 Å². The molecule has 1 amide bonds. The predicted octanol–water partition coefficient (Wildman–Crippen LogP) is 4.72. The van der Waals surface area contributed by atoms with Crippen LogP contribution in [0.2, 0.25) is 0 Å². The van der Waals surface area contributed by atoms with Crippen molar-refractivity contribution in [3.63, 3.8) is 0 Å². The summed E-state index contributed by atoms with van der Waals surface area (Å²) in [6.07, 6.45) is 2.08. The van der Waals surface area contributed by atoms with E-state index in [2.05, 4.69) is 36.9 Å². The van der Waals surface area contributed by atoms with Crippen molar-refractivity contribution in [2.75, 3.05) is 6.54 Å². The van der Waals surface area contributed by atoms with Crippen molar-refractivity contribution >= 4 is 18.3 Å². The van der Waals surface area contributed by atoms with Crippen LogP contribution < -0.4 is 5.73 Å². The molecule has 0 bridgehead atoms. The molecule has 4 heteroatoms. The lowest BCUT2D eigenvalue weighted by Crippen LogP contribution is -2.39. The highest BCUT2D eigenvalue weighted by atomic mass is 35.5. The minimum Gasteiger partial charge on any atom is -0.335 e. The average Bonchev–Trinajstić information content (AvgIpc) is 3.12. The maximum atomic E-state index is 13.2. The summed E-state index contributed by atoms with van der Waals surface area (Å²) in [4.78, 5) is 15.2. The summed E-state index contributed by atoms with van der Waals surface area (Å²) in [5, 5.41) is 0. The molecule has 1 fully saturated rings. The molecule has 140 valence electrons. The third-order valence-electron chi connectivity index (χ3n) is 5.65. The van der Waals surface area contributed by atoms with E-state index in [1.165, 1.54) is 16.7 Å². The van der Waals surface area contributed by atoms with Crippen molar-refractivity contribution in [2.45, 2.75) is 45.7 Å². The molecule has 26 heavy (non-hydrogen) atoms. The Hall–Kier alpha value is -1.84. The van der Waals surface area contributed by atoms with Gasteiger partial charge in [-0.2, -0.15) is 0 Å². The number of likely N-dealkylation sites (tertiary alicyclic amines) is 1. The molecule has 0 saturated carbocycles. The molecule has 0 aromatic heterocycles. The topological polar surface area (TPSA) is 46.3 Å². The molecule has 3 atom stereocenters. The Balaban J connectivity index is 0.00000243. The van der Waals surface area contributed by atoms with E-state index in [4.69, 9.17) is 5.73 Å². The first-order valence-corrected chi connectivity index (χ1v) is 9.18. The normalized spacial score (nSPS) is 18.9. The zero-order valence-corrected chi connectivity index (χ0v) is 16.6. The minimum atomic E-state index is -0.270. The van der Waals surface area contributed by atoms with Crippen LogP contribution in [0, 0.1) is 19.8 Å². The van der Waals surface area contributed by atoms with Crippen molar-refractivity contribution in [3.05, 3.63) is 70.8 Å². The second-order valence-corrected chi connectivity index (χ2v) is 7.20.